The van der Waals surface area contributed by atoms with E-state index in [4.69, 9.17) is 11.6 Å². The van der Waals surface area contributed by atoms with Gasteiger partial charge in [0.25, 0.3) is 0 Å². The van der Waals surface area contributed by atoms with Gasteiger partial charge in [0.2, 0.25) is 0 Å². The largest absolute Gasteiger partial charge is 0.123 e. The molecule has 0 heterocycles. The normalized spacial score (nSPS) is 26.5. The Morgan fingerprint density at radius 1 is 1.20 bits per heavy atom. The van der Waals surface area contributed by atoms with Crippen LogP contribution in [-0.4, -0.2) is 5.38 Å². The van der Waals surface area contributed by atoms with Crippen LogP contribution in [0, 0.1) is 12.8 Å². The second-order valence-electron chi connectivity index (χ2n) is 4.82. The molecular formula is C14H19Cl. The predicted octanol–water partition coefficient (Wildman–Crippen LogP) is 4.34. The number of halogens is 1. The first-order valence-electron chi connectivity index (χ1n) is 5.93. The van der Waals surface area contributed by atoms with Crippen LogP contribution in [-0.2, 0) is 6.42 Å². The van der Waals surface area contributed by atoms with Gasteiger partial charge < -0.3 is 0 Å². The van der Waals surface area contributed by atoms with Gasteiger partial charge in [0.15, 0.2) is 0 Å². The van der Waals surface area contributed by atoms with E-state index in [0.717, 1.165) is 5.92 Å². The molecule has 0 amide bonds. The highest BCUT2D eigenvalue weighted by molar-refractivity contribution is 6.20. The number of alkyl halides is 1. The van der Waals surface area contributed by atoms with Crippen molar-refractivity contribution in [2.45, 2.75) is 44.4 Å². The van der Waals surface area contributed by atoms with Crippen LogP contribution in [0.1, 0.15) is 36.8 Å². The molecule has 0 N–H and O–H groups in total. The summed E-state index contributed by atoms with van der Waals surface area (Å²) >= 11 is 6.20. The van der Waals surface area contributed by atoms with Crippen LogP contribution >= 0.6 is 11.6 Å². The van der Waals surface area contributed by atoms with Crippen LogP contribution in [0.2, 0.25) is 0 Å². The molecule has 1 fully saturated rings. The number of hydrogen-bond donors (Lipinski definition) is 0. The fourth-order valence-corrected chi connectivity index (χ4v) is 2.87. The predicted molar refractivity (Wildman–Crippen MR) is 66.5 cm³/mol. The highest BCUT2D eigenvalue weighted by atomic mass is 35.5. The lowest BCUT2D eigenvalue weighted by atomic mass is 9.84. The Balaban J connectivity index is 1.93. The highest BCUT2D eigenvalue weighted by Crippen LogP contribution is 2.30. The summed E-state index contributed by atoms with van der Waals surface area (Å²) in [7, 11) is 0. The van der Waals surface area contributed by atoms with Crippen LogP contribution in [0.15, 0.2) is 24.3 Å². The Labute approximate surface area is 97.6 Å². The van der Waals surface area contributed by atoms with E-state index in [1.165, 1.54) is 43.2 Å². The van der Waals surface area contributed by atoms with E-state index in [0.29, 0.717) is 5.38 Å². The first kappa shape index (κ1) is 11.0. The lowest BCUT2D eigenvalue weighted by Gasteiger charge is -2.25. The summed E-state index contributed by atoms with van der Waals surface area (Å²) in [5.74, 6) is 0.809. The van der Waals surface area contributed by atoms with E-state index in [1.54, 1.807) is 0 Å². The SMILES string of the molecule is Cc1ccc(CC2CCCC(Cl)C2)cc1. The van der Waals surface area contributed by atoms with E-state index < -0.39 is 0 Å². The Hall–Kier alpha value is -0.490. The molecule has 1 saturated carbocycles. The summed E-state index contributed by atoms with van der Waals surface area (Å²) in [4.78, 5) is 0. The summed E-state index contributed by atoms with van der Waals surface area (Å²) in [6.07, 6.45) is 6.30. The molecule has 15 heavy (non-hydrogen) atoms. The van der Waals surface area contributed by atoms with Crippen molar-refractivity contribution in [1.29, 1.82) is 0 Å². The lowest BCUT2D eigenvalue weighted by Crippen LogP contribution is -2.17. The van der Waals surface area contributed by atoms with Crippen molar-refractivity contribution >= 4 is 11.6 Å². The summed E-state index contributed by atoms with van der Waals surface area (Å²) in [6.45, 7) is 2.14. The molecule has 82 valence electrons. The van der Waals surface area contributed by atoms with Crippen LogP contribution in [0.4, 0.5) is 0 Å². The zero-order valence-electron chi connectivity index (χ0n) is 9.38. The maximum absolute atomic E-state index is 6.20. The van der Waals surface area contributed by atoms with Gasteiger partial charge in [-0.05, 0) is 37.7 Å². The lowest BCUT2D eigenvalue weighted by molar-refractivity contribution is 0.361. The Kier molecular flexibility index (Phi) is 3.69. The summed E-state index contributed by atoms with van der Waals surface area (Å²) in [5.41, 5.74) is 2.81. The first-order valence-corrected chi connectivity index (χ1v) is 6.37. The first-order chi connectivity index (χ1) is 7.24. The molecule has 0 radical (unpaired) electrons. The van der Waals surface area contributed by atoms with Crippen molar-refractivity contribution in [2.24, 2.45) is 5.92 Å². The van der Waals surface area contributed by atoms with E-state index in [1.807, 2.05) is 0 Å². The second kappa shape index (κ2) is 5.03. The maximum atomic E-state index is 6.20. The minimum Gasteiger partial charge on any atom is -0.123 e. The van der Waals surface area contributed by atoms with Crippen molar-refractivity contribution < 1.29 is 0 Å². The molecule has 0 saturated heterocycles. The average Bonchev–Trinajstić information content (AvgIpc) is 2.22. The van der Waals surface area contributed by atoms with Crippen LogP contribution in [0.3, 0.4) is 0 Å². The summed E-state index contributed by atoms with van der Waals surface area (Å²) in [5, 5.41) is 0.425. The van der Waals surface area contributed by atoms with Gasteiger partial charge >= 0.3 is 0 Å². The Morgan fingerprint density at radius 2 is 1.93 bits per heavy atom. The monoisotopic (exact) mass is 222 g/mol. The van der Waals surface area contributed by atoms with E-state index >= 15 is 0 Å². The van der Waals surface area contributed by atoms with Gasteiger partial charge in [-0.1, -0.05) is 42.7 Å². The minimum absolute atomic E-state index is 0.425. The maximum Gasteiger partial charge on any atom is 0.0338 e. The van der Waals surface area contributed by atoms with Crippen molar-refractivity contribution in [3.63, 3.8) is 0 Å². The van der Waals surface area contributed by atoms with E-state index in [-0.39, 0.29) is 0 Å². The molecule has 1 aliphatic carbocycles. The van der Waals surface area contributed by atoms with Crippen LogP contribution in [0.5, 0.6) is 0 Å². The van der Waals surface area contributed by atoms with Gasteiger partial charge in [0.05, 0.1) is 0 Å². The van der Waals surface area contributed by atoms with Gasteiger partial charge in [-0.2, -0.15) is 0 Å². The molecule has 0 aromatic heterocycles. The summed E-state index contributed by atoms with van der Waals surface area (Å²) in [6, 6.07) is 8.92. The molecule has 0 nitrogen and oxygen atoms in total. The zero-order valence-corrected chi connectivity index (χ0v) is 10.1. The number of rotatable bonds is 2. The Bertz CT molecular complexity index is 302. The Morgan fingerprint density at radius 3 is 2.60 bits per heavy atom. The fraction of sp³-hybridized carbons (Fsp3) is 0.571. The van der Waals surface area contributed by atoms with Gasteiger partial charge in [0, 0.05) is 5.38 Å². The molecule has 0 aliphatic heterocycles. The smallest absolute Gasteiger partial charge is 0.0338 e. The van der Waals surface area contributed by atoms with Crippen molar-refractivity contribution in [2.75, 3.05) is 0 Å². The summed E-state index contributed by atoms with van der Waals surface area (Å²) < 4.78 is 0. The van der Waals surface area contributed by atoms with Gasteiger partial charge in [-0.15, -0.1) is 11.6 Å². The molecule has 2 unspecified atom stereocenters. The molecule has 0 bridgehead atoms. The van der Waals surface area contributed by atoms with E-state index in [9.17, 15) is 0 Å². The molecule has 2 rings (SSSR count). The molecule has 1 aromatic rings. The van der Waals surface area contributed by atoms with E-state index in [2.05, 4.69) is 31.2 Å². The third kappa shape index (κ3) is 3.24. The third-order valence-electron chi connectivity index (χ3n) is 3.36. The number of aryl methyl sites for hydroxylation is 1. The average molecular weight is 223 g/mol. The standard InChI is InChI=1S/C14H19Cl/c1-11-5-7-12(8-6-11)9-13-3-2-4-14(15)10-13/h5-8,13-14H,2-4,9-10H2,1H3. The van der Waals surface area contributed by atoms with Gasteiger partial charge in [-0.3, -0.25) is 0 Å². The fourth-order valence-electron chi connectivity index (χ4n) is 2.47. The molecule has 1 aromatic carbocycles. The highest BCUT2D eigenvalue weighted by Gasteiger charge is 2.20. The van der Waals surface area contributed by atoms with Crippen molar-refractivity contribution in [3.8, 4) is 0 Å². The van der Waals surface area contributed by atoms with Gasteiger partial charge in [-0.25, -0.2) is 0 Å². The van der Waals surface area contributed by atoms with Crippen LogP contribution < -0.4 is 0 Å². The number of hydrogen-bond acceptors (Lipinski definition) is 0. The van der Waals surface area contributed by atoms with Crippen molar-refractivity contribution in [3.05, 3.63) is 35.4 Å². The van der Waals surface area contributed by atoms with Gasteiger partial charge in [0.1, 0.15) is 0 Å². The zero-order chi connectivity index (χ0) is 10.7. The topological polar surface area (TPSA) is 0 Å². The molecule has 2 atom stereocenters. The number of benzene rings is 1. The van der Waals surface area contributed by atoms with Crippen molar-refractivity contribution in [1.82, 2.24) is 0 Å². The quantitative estimate of drug-likeness (QED) is 0.654. The second-order valence-corrected chi connectivity index (χ2v) is 5.44. The molecule has 1 aliphatic rings. The molecule has 0 spiro atoms. The minimum atomic E-state index is 0.425. The van der Waals surface area contributed by atoms with Crippen LogP contribution in [0.25, 0.3) is 0 Å². The third-order valence-corrected chi connectivity index (χ3v) is 3.76. The molecule has 1 heteroatoms. The molecular weight excluding hydrogens is 204 g/mol.